The first-order valence-electron chi connectivity index (χ1n) is 9.93. The van der Waals surface area contributed by atoms with E-state index in [4.69, 9.17) is 0 Å². The fourth-order valence-electron chi connectivity index (χ4n) is 3.38. The van der Waals surface area contributed by atoms with Gasteiger partial charge in [0, 0.05) is 17.7 Å². The lowest BCUT2D eigenvalue weighted by atomic mass is 10.2. The molecule has 0 atom stereocenters. The molecule has 33 heavy (non-hydrogen) atoms. The van der Waals surface area contributed by atoms with Gasteiger partial charge in [-0.1, -0.05) is 30.3 Å². The Morgan fingerprint density at radius 3 is 2.67 bits per heavy atom. The van der Waals surface area contributed by atoms with Crippen molar-refractivity contribution in [3.8, 4) is 5.69 Å². The predicted octanol–water partition coefficient (Wildman–Crippen LogP) is 2.26. The molecule has 0 radical (unpaired) electrons. The lowest BCUT2D eigenvalue weighted by molar-refractivity contribution is -0.384. The molecular formula is C22H19N7O4. The fourth-order valence-corrected chi connectivity index (χ4v) is 3.38. The van der Waals surface area contributed by atoms with Gasteiger partial charge in [0.05, 0.1) is 22.5 Å². The van der Waals surface area contributed by atoms with Crippen LogP contribution in [0, 0.1) is 24.0 Å². The number of hydrogen-bond acceptors (Lipinski definition) is 7. The van der Waals surface area contributed by atoms with E-state index in [0.29, 0.717) is 28.1 Å². The van der Waals surface area contributed by atoms with Gasteiger partial charge < -0.3 is 0 Å². The summed E-state index contributed by atoms with van der Waals surface area (Å²) < 4.78 is 2.86. The Labute approximate surface area is 187 Å². The van der Waals surface area contributed by atoms with Crippen LogP contribution in [0.5, 0.6) is 0 Å². The zero-order valence-corrected chi connectivity index (χ0v) is 17.8. The Morgan fingerprint density at radius 1 is 1.18 bits per heavy atom. The van der Waals surface area contributed by atoms with Crippen molar-refractivity contribution in [1.29, 1.82) is 0 Å². The number of nitro groups is 1. The fraction of sp³-hybridized carbons (Fsp3) is 0.136. The molecule has 4 aromatic rings. The van der Waals surface area contributed by atoms with Crippen LogP contribution in [0.15, 0.2) is 64.5 Å². The number of hydrazone groups is 1. The van der Waals surface area contributed by atoms with Crippen molar-refractivity contribution >= 4 is 28.8 Å². The first-order valence-corrected chi connectivity index (χ1v) is 9.93. The van der Waals surface area contributed by atoms with Gasteiger partial charge in [-0.2, -0.15) is 10.2 Å². The van der Waals surface area contributed by atoms with Crippen LogP contribution in [0.25, 0.3) is 16.7 Å². The van der Waals surface area contributed by atoms with Crippen LogP contribution in [-0.4, -0.2) is 36.4 Å². The number of amides is 1. The van der Waals surface area contributed by atoms with Crippen LogP contribution in [-0.2, 0) is 11.3 Å². The monoisotopic (exact) mass is 445 g/mol. The average Bonchev–Trinajstić information content (AvgIpc) is 3.13. The van der Waals surface area contributed by atoms with E-state index in [-0.39, 0.29) is 17.8 Å². The van der Waals surface area contributed by atoms with Crippen LogP contribution < -0.4 is 11.0 Å². The standard InChI is InChI=1S/C22H19N7O4/c1-14-20-21(28(26-14)17-8-4-3-5-9-17)24-15(2)27(22(20)31)13-19(30)25-23-12-16-7-6-10-18(11-16)29(32)33/h3-12H,13H2,1-2H3,(H,25,30)/b23-12+. The summed E-state index contributed by atoms with van der Waals surface area (Å²) in [7, 11) is 0. The zero-order chi connectivity index (χ0) is 23.5. The van der Waals surface area contributed by atoms with Gasteiger partial charge in [0.2, 0.25) is 0 Å². The molecular weight excluding hydrogens is 426 g/mol. The van der Waals surface area contributed by atoms with Crippen molar-refractivity contribution in [2.45, 2.75) is 20.4 Å². The number of non-ortho nitro benzene ring substituents is 1. The Kier molecular flexibility index (Phi) is 5.77. The third-order valence-corrected chi connectivity index (χ3v) is 4.94. The number of aromatic nitrogens is 4. The molecule has 166 valence electrons. The normalized spacial score (nSPS) is 11.2. The maximum Gasteiger partial charge on any atom is 0.270 e. The zero-order valence-electron chi connectivity index (χ0n) is 17.8. The van der Waals surface area contributed by atoms with E-state index in [1.54, 1.807) is 24.6 Å². The van der Waals surface area contributed by atoms with Gasteiger partial charge in [-0.3, -0.25) is 24.3 Å². The highest BCUT2D eigenvalue weighted by molar-refractivity contribution is 5.83. The summed E-state index contributed by atoms with van der Waals surface area (Å²) in [5.74, 6) is -0.196. The van der Waals surface area contributed by atoms with Gasteiger partial charge in [-0.05, 0) is 26.0 Å². The van der Waals surface area contributed by atoms with Crippen molar-refractivity contribution in [1.82, 2.24) is 24.8 Å². The summed E-state index contributed by atoms with van der Waals surface area (Å²) in [6.07, 6.45) is 1.29. The highest BCUT2D eigenvalue weighted by atomic mass is 16.6. The van der Waals surface area contributed by atoms with E-state index in [9.17, 15) is 19.7 Å². The number of para-hydroxylation sites is 1. The maximum atomic E-state index is 13.1. The maximum absolute atomic E-state index is 13.1. The highest BCUT2D eigenvalue weighted by Gasteiger charge is 2.18. The minimum Gasteiger partial charge on any atom is -0.287 e. The van der Waals surface area contributed by atoms with Crippen LogP contribution in [0.1, 0.15) is 17.1 Å². The van der Waals surface area contributed by atoms with Gasteiger partial charge in [0.1, 0.15) is 17.8 Å². The van der Waals surface area contributed by atoms with Crippen molar-refractivity contribution in [3.05, 3.63) is 92.1 Å². The molecule has 1 amide bonds. The first kappa shape index (κ1) is 21.6. The number of nitrogens with zero attached hydrogens (tertiary/aromatic N) is 6. The van der Waals surface area contributed by atoms with Gasteiger partial charge in [0.25, 0.3) is 17.2 Å². The van der Waals surface area contributed by atoms with Gasteiger partial charge in [0.15, 0.2) is 5.65 Å². The molecule has 0 saturated heterocycles. The summed E-state index contributed by atoms with van der Waals surface area (Å²) in [4.78, 5) is 40.4. The van der Waals surface area contributed by atoms with E-state index in [2.05, 4.69) is 20.6 Å². The van der Waals surface area contributed by atoms with E-state index in [1.807, 2.05) is 30.3 Å². The summed E-state index contributed by atoms with van der Waals surface area (Å²) in [6, 6.07) is 15.2. The minimum atomic E-state index is -0.545. The average molecular weight is 445 g/mol. The van der Waals surface area contributed by atoms with Crippen molar-refractivity contribution < 1.29 is 9.72 Å². The van der Waals surface area contributed by atoms with E-state index in [0.717, 1.165) is 5.69 Å². The van der Waals surface area contributed by atoms with Crippen molar-refractivity contribution in [2.24, 2.45) is 5.10 Å². The lowest BCUT2D eigenvalue weighted by Crippen LogP contribution is -2.32. The van der Waals surface area contributed by atoms with Gasteiger partial charge >= 0.3 is 0 Å². The number of benzene rings is 2. The van der Waals surface area contributed by atoms with Crippen LogP contribution >= 0.6 is 0 Å². The van der Waals surface area contributed by atoms with E-state index >= 15 is 0 Å². The molecule has 0 unspecified atom stereocenters. The Bertz CT molecular complexity index is 1460. The SMILES string of the molecule is Cc1nn(-c2ccccc2)c2nc(C)n(CC(=O)N/N=C/c3cccc([N+](=O)[O-])c3)c(=O)c12. The smallest absolute Gasteiger partial charge is 0.270 e. The van der Waals surface area contributed by atoms with Crippen LogP contribution in [0.4, 0.5) is 5.69 Å². The number of nitro benzene ring substituents is 1. The number of hydrogen-bond donors (Lipinski definition) is 1. The molecule has 2 aromatic heterocycles. The predicted molar refractivity (Wildman–Crippen MR) is 121 cm³/mol. The number of carbonyl (C=O) groups excluding carboxylic acids is 1. The van der Waals surface area contributed by atoms with Gasteiger partial charge in [-0.15, -0.1) is 0 Å². The molecule has 2 aromatic carbocycles. The Balaban J connectivity index is 1.57. The Morgan fingerprint density at radius 2 is 1.94 bits per heavy atom. The number of fused-ring (bicyclic) bond motifs is 1. The third kappa shape index (κ3) is 4.37. The largest absolute Gasteiger partial charge is 0.287 e. The van der Waals surface area contributed by atoms with Crippen LogP contribution in [0.2, 0.25) is 0 Å². The quantitative estimate of drug-likeness (QED) is 0.275. The van der Waals surface area contributed by atoms with E-state index < -0.39 is 10.8 Å². The molecule has 11 nitrogen and oxygen atoms in total. The van der Waals surface area contributed by atoms with Gasteiger partial charge in [-0.25, -0.2) is 15.1 Å². The molecule has 1 N–H and O–H groups in total. The molecule has 0 aliphatic heterocycles. The summed E-state index contributed by atoms with van der Waals surface area (Å²) >= 11 is 0. The topological polar surface area (TPSA) is 137 Å². The summed E-state index contributed by atoms with van der Waals surface area (Å²) in [5.41, 5.74) is 4.01. The second-order valence-electron chi connectivity index (χ2n) is 7.23. The second kappa shape index (κ2) is 8.83. The Hall–Kier alpha value is -4.67. The minimum absolute atomic E-state index is 0.0850. The second-order valence-corrected chi connectivity index (χ2v) is 7.23. The molecule has 2 heterocycles. The molecule has 0 fully saturated rings. The molecule has 0 bridgehead atoms. The summed E-state index contributed by atoms with van der Waals surface area (Å²) in [6.45, 7) is 3.06. The molecule has 0 saturated carbocycles. The number of aryl methyl sites for hydroxylation is 2. The van der Waals surface area contributed by atoms with Crippen molar-refractivity contribution in [2.75, 3.05) is 0 Å². The molecule has 11 heteroatoms. The highest BCUT2D eigenvalue weighted by Crippen LogP contribution is 2.17. The third-order valence-electron chi connectivity index (χ3n) is 4.94. The molecule has 0 aliphatic rings. The molecule has 0 aliphatic carbocycles. The van der Waals surface area contributed by atoms with Crippen molar-refractivity contribution in [3.63, 3.8) is 0 Å². The van der Waals surface area contributed by atoms with Crippen LogP contribution in [0.3, 0.4) is 0 Å². The summed E-state index contributed by atoms with van der Waals surface area (Å²) in [5, 5.41) is 19.5. The number of carbonyl (C=O) groups is 1. The molecule has 4 rings (SSSR count). The number of rotatable bonds is 6. The number of nitrogens with one attached hydrogen (secondary N) is 1. The first-order chi connectivity index (χ1) is 15.8. The molecule has 0 spiro atoms. The lowest BCUT2D eigenvalue weighted by Gasteiger charge is -2.09. The van der Waals surface area contributed by atoms with E-state index in [1.165, 1.54) is 29.0 Å².